The molecule has 1 aromatic heterocycles. The maximum atomic E-state index is 4.78. The van der Waals surface area contributed by atoms with Crippen molar-refractivity contribution in [3.8, 4) is 11.3 Å². The number of benzene rings is 1. The van der Waals surface area contributed by atoms with Gasteiger partial charge in [-0.2, -0.15) is 5.10 Å². The molecule has 126 valence electrons. The first-order chi connectivity index (χ1) is 11.4. The van der Waals surface area contributed by atoms with Gasteiger partial charge in [0, 0.05) is 22.1 Å². The van der Waals surface area contributed by atoms with Gasteiger partial charge < -0.3 is 0 Å². The highest BCUT2D eigenvalue weighted by molar-refractivity contribution is 7.14. The monoisotopic (exact) mass is 339 g/mol. The highest BCUT2D eigenvalue weighted by Gasteiger charge is 2.59. The molecule has 2 atom stereocenters. The van der Waals surface area contributed by atoms with Crippen molar-refractivity contribution in [1.29, 1.82) is 0 Å². The number of nitrogens with zero attached hydrogens (tertiary/aromatic N) is 2. The summed E-state index contributed by atoms with van der Waals surface area (Å²) in [5, 5.41) is 7.75. The molecule has 2 saturated carbocycles. The number of thiazole rings is 1. The van der Waals surface area contributed by atoms with Gasteiger partial charge in [-0.3, -0.25) is 5.43 Å². The van der Waals surface area contributed by atoms with E-state index in [4.69, 9.17) is 10.1 Å². The van der Waals surface area contributed by atoms with Gasteiger partial charge in [0.25, 0.3) is 0 Å². The third-order valence-electron chi connectivity index (χ3n) is 6.65. The Labute approximate surface area is 148 Å². The minimum Gasteiger partial charge on any atom is -0.253 e. The van der Waals surface area contributed by atoms with Gasteiger partial charge in [0.15, 0.2) is 0 Å². The van der Waals surface area contributed by atoms with Gasteiger partial charge >= 0.3 is 0 Å². The maximum Gasteiger partial charge on any atom is 0.203 e. The van der Waals surface area contributed by atoms with Crippen LogP contribution >= 0.6 is 11.3 Å². The lowest BCUT2D eigenvalue weighted by molar-refractivity contribution is 0.194. The van der Waals surface area contributed by atoms with Crippen LogP contribution in [0.25, 0.3) is 11.3 Å². The van der Waals surface area contributed by atoms with Crippen molar-refractivity contribution >= 4 is 22.2 Å². The maximum absolute atomic E-state index is 4.78. The van der Waals surface area contributed by atoms with E-state index in [1.807, 2.05) is 0 Å². The molecule has 0 saturated heterocycles. The van der Waals surface area contributed by atoms with Gasteiger partial charge in [-0.25, -0.2) is 4.98 Å². The summed E-state index contributed by atoms with van der Waals surface area (Å²) in [7, 11) is 0. The number of hydrazone groups is 1. The molecule has 1 aromatic carbocycles. The van der Waals surface area contributed by atoms with E-state index in [2.05, 4.69) is 62.8 Å². The molecular formula is C20H25N3S. The molecule has 4 heteroatoms. The second kappa shape index (κ2) is 5.41. The van der Waals surface area contributed by atoms with Crippen molar-refractivity contribution in [3.63, 3.8) is 0 Å². The molecule has 0 aliphatic heterocycles. The van der Waals surface area contributed by atoms with E-state index >= 15 is 0 Å². The summed E-state index contributed by atoms with van der Waals surface area (Å²) in [6.45, 7) is 9.31. The van der Waals surface area contributed by atoms with Gasteiger partial charge in [0.2, 0.25) is 5.13 Å². The number of hydrogen-bond donors (Lipinski definition) is 1. The third kappa shape index (κ3) is 2.31. The van der Waals surface area contributed by atoms with Crippen LogP contribution in [0.2, 0.25) is 0 Å². The second-order valence-electron chi connectivity index (χ2n) is 8.07. The Morgan fingerprint density at radius 3 is 2.58 bits per heavy atom. The average molecular weight is 340 g/mol. The summed E-state index contributed by atoms with van der Waals surface area (Å²) in [6, 6.07) is 8.50. The van der Waals surface area contributed by atoms with Crippen LogP contribution in [0.15, 0.2) is 34.7 Å². The average Bonchev–Trinajstić information content (AvgIpc) is 3.16. The largest absolute Gasteiger partial charge is 0.253 e. The lowest BCUT2D eigenvalue weighted by Gasteiger charge is -2.34. The predicted octanol–water partition coefficient (Wildman–Crippen LogP) is 5.73. The molecule has 24 heavy (non-hydrogen) atoms. The first kappa shape index (κ1) is 15.8. The summed E-state index contributed by atoms with van der Waals surface area (Å²) >= 11 is 1.62. The zero-order valence-corrected chi connectivity index (χ0v) is 15.7. The molecule has 3 nitrogen and oxygen atoms in total. The van der Waals surface area contributed by atoms with Gasteiger partial charge in [-0.05, 0) is 37.5 Å². The predicted molar refractivity (Wildman–Crippen MR) is 103 cm³/mol. The van der Waals surface area contributed by atoms with Crippen molar-refractivity contribution in [2.75, 3.05) is 5.43 Å². The summed E-state index contributed by atoms with van der Waals surface area (Å²) in [5.41, 5.74) is 8.61. The fraction of sp³-hybridized carbons (Fsp3) is 0.500. The normalized spacial score (nSPS) is 29.3. The molecule has 2 bridgehead atoms. The number of fused-ring (bicyclic) bond motifs is 2. The lowest BCUT2D eigenvalue weighted by atomic mass is 9.70. The van der Waals surface area contributed by atoms with Crippen LogP contribution in [-0.4, -0.2) is 10.7 Å². The molecule has 2 fully saturated rings. The first-order valence-corrected chi connectivity index (χ1v) is 9.64. The minimum atomic E-state index is 0.238. The van der Waals surface area contributed by atoms with Gasteiger partial charge in [-0.1, -0.05) is 50.6 Å². The molecule has 1 N–H and O–H groups in total. The van der Waals surface area contributed by atoms with E-state index < -0.39 is 0 Å². The van der Waals surface area contributed by atoms with Crippen molar-refractivity contribution in [2.24, 2.45) is 21.8 Å². The quantitative estimate of drug-likeness (QED) is 0.725. The molecule has 2 aromatic rings. The number of anilines is 1. The molecule has 1 heterocycles. The Balaban J connectivity index is 1.52. The van der Waals surface area contributed by atoms with Crippen LogP contribution in [0, 0.1) is 23.7 Å². The summed E-state index contributed by atoms with van der Waals surface area (Å²) in [6.07, 6.45) is 3.74. The molecule has 2 aliphatic carbocycles. The Morgan fingerprint density at radius 1 is 1.21 bits per heavy atom. The SMILES string of the molecule is Cc1ccc(-c2csc(N/N=C3\C[C@@H]4CC[C@]3(C)C4(C)C)n2)cc1. The van der Waals surface area contributed by atoms with Crippen LogP contribution < -0.4 is 5.43 Å². The van der Waals surface area contributed by atoms with E-state index in [9.17, 15) is 0 Å². The fourth-order valence-corrected chi connectivity index (χ4v) is 5.06. The highest BCUT2D eigenvalue weighted by atomic mass is 32.1. The molecule has 0 radical (unpaired) electrons. The van der Waals surface area contributed by atoms with Crippen LogP contribution in [0.5, 0.6) is 0 Å². The van der Waals surface area contributed by atoms with Crippen molar-refractivity contribution in [1.82, 2.24) is 4.98 Å². The highest BCUT2D eigenvalue weighted by Crippen LogP contribution is 2.63. The number of rotatable bonds is 3. The van der Waals surface area contributed by atoms with Crippen LogP contribution in [0.4, 0.5) is 5.13 Å². The first-order valence-electron chi connectivity index (χ1n) is 8.76. The van der Waals surface area contributed by atoms with Gasteiger partial charge in [0.1, 0.15) is 0 Å². The Morgan fingerprint density at radius 2 is 1.96 bits per heavy atom. The standard InChI is InChI=1S/C20H25N3S/c1-13-5-7-14(8-6-13)16-12-24-18(21-16)23-22-17-11-15-9-10-20(17,4)19(15,2)3/h5-8,12,15H,9-11H2,1-4H3,(H,21,23)/b22-17+/t15-,20-/m0/s1. The van der Waals surface area contributed by atoms with Gasteiger partial charge in [0.05, 0.1) is 5.69 Å². The number of hydrogen-bond acceptors (Lipinski definition) is 4. The van der Waals surface area contributed by atoms with Gasteiger partial charge in [-0.15, -0.1) is 11.3 Å². The van der Waals surface area contributed by atoms with Crippen molar-refractivity contribution in [3.05, 3.63) is 35.2 Å². The van der Waals surface area contributed by atoms with Crippen LogP contribution in [0.3, 0.4) is 0 Å². The smallest absolute Gasteiger partial charge is 0.203 e. The topological polar surface area (TPSA) is 37.3 Å². The zero-order chi connectivity index (χ0) is 16.9. The lowest BCUT2D eigenvalue weighted by Crippen LogP contribution is -2.32. The molecule has 4 rings (SSSR count). The third-order valence-corrected chi connectivity index (χ3v) is 7.40. The summed E-state index contributed by atoms with van der Waals surface area (Å²) in [5.74, 6) is 0.780. The molecule has 2 aliphatic rings. The van der Waals surface area contributed by atoms with Crippen LogP contribution in [0.1, 0.15) is 45.6 Å². The Bertz CT molecular complexity index is 787. The summed E-state index contributed by atoms with van der Waals surface area (Å²) in [4.78, 5) is 4.69. The fourth-order valence-electron chi connectivity index (χ4n) is 4.39. The zero-order valence-electron chi connectivity index (χ0n) is 14.9. The molecule has 0 unspecified atom stereocenters. The summed E-state index contributed by atoms with van der Waals surface area (Å²) < 4.78 is 0. The number of aromatic nitrogens is 1. The van der Waals surface area contributed by atoms with Crippen molar-refractivity contribution in [2.45, 2.75) is 47.0 Å². The Kier molecular flexibility index (Phi) is 3.57. The van der Waals surface area contributed by atoms with E-state index in [1.54, 1.807) is 11.3 Å². The van der Waals surface area contributed by atoms with E-state index in [0.29, 0.717) is 5.41 Å². The molecule has 0 amide bonds. The second-order valence-corrected chi connectivity index (χ2v) is 8.93. The Hall–Kier alpha value is -1.68. The number of nitrogens with one attached hydrogen (secondary N) is 1. The number of aryl methyl sites for hydroxylation is 1. The van der Waals surface area contributed by atoms with E-state index in [-0.39, 0.29) is 5.41 Å². The van der Waals surface area contributed by atoms with E-state index in [1.165, 1.54) is 24.1 Å². The minimum absolute atomic E-state index is 0.238. The molecule has 0 spiro atoms. The van der Waals surface area contributed by atoms with Crippen LogP contribution in [-0.2, 0) is 0 Å². The van der Waals surface area contributed by atoms with E-state index in [0.717, 1.165) is 28.7 Å². The molecular weight excluding hydrogens is 314 g/mol. The van der Waals surface area contributed by atoms with Crippen molar-refractivity contribution < 1.29 is 0 Å².